The fraction of sp³-hybridized carbons (Fsp3) is 0.688. The summed E-state index contributed by atoms with van der Waals surface area (Å²) >= 11 is 0. The summed E-state index contributed by atoms with van der Waals surface area (Å²) in [5, 5.41) is 20.0. The Morgan fingerprint density at radius 2 is 1.25 bits per heavy atom. The summed E-state index contributed by atoms with van der Waals surface area (Å²) in [5.74, 6) is -0.416. The van der Waals surface area contributed by atoms with Gasteiger partial charge in [0, 0.05) is 6.42 Å². The molecule has 0 radical (unpaired) electrons. The number of phosphoric acid groups is 1. The van der Waals surface area contributed by atoms with Crippen LogP contribution in [0.15, 0.2) is 85.3 Å². The molecule has 59 heavy (non-hydrogen) atoms. The van der Waals surface area contributed by atoms with E-state index in [-0.39, 0.29) is 26.2 Å². The van der Waals surface area contributed by atoms with E-state index in [1.54, 1.807) is 30.6 Å². The quantitative estimate of drug-likeness (QED) is 0.0105. The van der Waals surface area contributed by atoms with Crippen molar-refractivity contribution in [1.29, 1.82) is 0 Å². The van der Waals surface area contributed by atoms with Crippen LogP contribution in [0.2, 0.25) is 0 Å². The fourth-order valence-electron chi connectivity index (χ4n) is 5.63. The molecule has 0 heterocycles. The standard InChI is InChI=1S/C48H84NO9P/c1-6-8-10-11-12-13-14-15-16-17-18-19-20-24-27-34-41-55-47(44-58-59(53,54)57-42-40-49(3,4)5)43-56-48(52)39-33-28-32-38-46(51)37-31-26-23-21-22-25-30-36-45(50)35-29-9-7-2/h9,22-23,25-26,29-32,34,36-38,41,45-47,50-51H,6-8,10-21,24,27-28,33,35,39-40,42-44H2,1-5H3/p+1/b25-22-,26-23-,29-9-,36-30+,37-31+,38-32-,41-34+/t45-,46-,47-/m1/s1. The van der Waals surface area contributed by atoms with Gasteiger partial charge < -0.3 is 29.1 Å². The number of carbonyl (C=O) groups excluding carboxylic acids is 1. The molecule has 4 atom stereocenters. The number of carbonyl (C=O) groups is 1. The lowest BCUT2D eigenvalue weighted by Gasteiger charge is -2.24. The molecule has 0 saturated heterocycles. The predicted molar refractivity (Wildman–Crippen MR) is 245 cm³/mol. The molecule has 0 aliphatic carbocycles. The number of hydrogen-bond donors (Lipinski definition) is 3. The van der Waals surface area contributed by atoms with Gasteiger partial charge in [0.2, 0.25) is 0 Å². The zero-order chi connectivity index (χ0) is 43.7. The monoisotopic (exact) mass is 851 g/mol. The van der Waals surface area contributed by atoms with Gasteiger partial charge in [0.25, 0.3) is 0 Å². The van der Waals surface area contributed by atoms with Crippen LogP contribution in [-0.4, -0.2) is 91.4 Å². The minimum absolute atomic E-state index is 0.0529. The largest absolute Gasteiger partial charge is 0.492 e. The number of phosphoric ester groups is 1. The van der Waals surface area contributed by atoms with Crippen molar-refractivity contribution in [3.63, 3.8) is 0 Å². The topological polar surface area (TPSA) is 132 Å². The van der Waals surface area contributed by atoms with Crippen molar-refractivity contribution < 1.29 is 47.5 Å². The van der Waals surface area contributed by atoms with Gasteiger partial charge in [-0.2, -0.15) is 0 Å². The van der Waals surface area contributed by atoms with Crippen LogP contribution in [0.25, 0.3) is 0 Å². The van der Waals surface area contributed by atoms with Gasteiger partial charge in [-0.3, -0.25) is 13.8 Å². The van der Waals surface area contributed by atoms with E-state index in [0.717, 1.165) is 32.1 Å². The number of quaternary nitrogens is 1. The van der Waals surface area contributed by atoms with Crippen LogP contribution in [0.4, 0.5) is 0 Å². The Hall–Kier alpha value is -2.56. The molecule has 0 fully saturated rings. The van der Waals surface area contributed by atoms with Crippen LogP contribution < -0.4 is 0 Å². The summed E-state index contributed by atoms with van der Waals surface area (Å²) in [7, 11) is 1.55. The van der Waals surface area contributed by atoms with Crippen LogP contribution in [-0.2, 0) is 27.9 Å². The van der Waals surface area contributed by atoms with Crippen LogP contribution in [0, 0.1) is 0 Å². The SMILES string of the molecule is CC/C=C\C[C@@H](O)/C=C/C=C\C/C=C\C=C\[C@@H](O)/C=C\CCCC(=O)OC[C@H](COP(=O)(O)OCC[N+](C)(C)C)O/C=C/CCCCCCCCCCCCCCCC. The minimum atomic E-state index is -4.32. The molecule has 1 unspecified atom stereocenters. The van der Waals surface area contributed by atoms with Crippen LogP contribution in [0.1, 0.15) is 149 Å². The number of ether oxygens (including phenoxy) is 2. The Bertz CT molecular complexity index is 1250. The molecule has 0 spiro atoms. The van der Waals surface area contributed by atoms with E-state index in [1.807, 2.05) is 75.8 Å². The first kappa shape index (κ1) is 56.4. The molecular formula is C48H85NO9P+. The molecule has 0 rings (SSSR count). The number of aliphatic hydroxyl groups is 2. The van der Waals surface area contributed by atoms with Crippen molar-refractivity contribution in [2.24, 2.45) is 0 Å². The second-order valence-electron chi connectivity index (χ2n) is 16.2. The van der Waals surface area contributed by atoms with E-state index in [9.17, 15) is 24.5 Å². The van der Waals surface area contributed by atoms with E-state index >= 15 is 0 Å². The van der Waals surface area contributed by atoms with E-state index < -0.39 is 32.1 Å². The molecule has 10 nitrogen and oxygen atoms in total. The lowest BCUT2D eigenvalue weighted by Crippen LogP contribution is -2.37. The molecule has 0 aromatic heterocycles. The molecular weight excluding hydrogens is 765 g/mol. The highest BCUT2D eigenvalue weighted by Gasteiger charge is 2.25. The highest BCUT2D eigenvalue weighted by atomic mass is 31.2. The summed E-state index contributed by atoms with van der Waals surface area (Å²) < 4.78 is 34.6. The van der Waals surface area contributed by atoms with Crippen molar-refractivity contribution >= 4 is 13.8 Å². The van der Waals surface area contributed by atoms with Gasteiger partial charge in [-0.15, -0.1) is 0 Å². The molecule has 0 aliphatic heterocycles. The van der Waals surface area contributed by atoms with Gasteiger partial charge in [0.15, 0.2) is 6.10 Å². The summed E-state index contributed by atoms with van der Waals surface area (Å²) in [6.45, 7) is 4.48. The average Bonchev–Trinajstić information content (AvgIpc) is 3.18. The Balaban J connectivity index is 4.53. The minimum Gasteiger partial charge on any atom is -0.492 e. The maximum Gasteiger partial charge on any atom is 0.472 e. The Kier molecular flexibility index (Phi) is 37.9. The van der Waals surface area contributed by atoms with E-state index in [1.165, 1.54) is 77.0 Å². The van der Waals surface area contributed by atoms with Crippen molar-refractivity contribution in [3.8, 4) is 0 Å². The number of likely N-dealkylation sites (N-methyl/N-ethyl adjacent to an activating group) is 1. The average molecular weight is 851 g/mol. The zero-order valence-corrected chi connectivity index (χ0v) is 38.6. The summed E-state index contributed by atoms with van der Waals surface area (Å²) in [4.78, 5) is 22.7. The lowest BCUT2D eigenvalue weighted by molar-refractivity contribution is -0.870. The molecule has 0 aromatic rings. The number of aliphatic hydroxyl groups excluding tert-OH is 2. The zero-order valence-electron chi connectivity index (χ0n) is 37.7. The first-order valence-electron chi connectivity index (χ1n) is 22.6. The van der Waals surface area contributed by atoms with Gasteiger partial charge in [-0.05, 0) is 51.0 Å². The summed E-state index contributed by atoms with van der Waals surface area (Å²) in [5.41, 5.74) is 0. The second kappa shape index (κ2) is 39.6. The van der Waals surface area contributed by atoms with Gasteiger partial charge in [-0.25, -0.2) is 4.57 Å². The first-order valence-corrected chi connectivity index (χ1v) is 24.1. The highest BCUT2D eigenvalue weighted by molar-refractivity contribution is 7.47. The third-order valence-electron chi connectivity index (χ3n) is 9.23. The number of unbranched alkanes of at least 4 members (excludes halogenated alkanes) is 15. The van der Waals surface area contributed by atoms with E-state index in [0.29, 0.717) is 30.3 Å². The molecule has 11 heteroatoms. The van der Waals surface area contributed by atoms with Crippen molar-refractivity contribution in [1.82, 2.24) is 0 Å². The van der Waals surface area contributed by atoms with Gasteiger partial charge >= 0.3 is 13.8 Å². The van der Waals surface area contributed by atoms with Gasteiger partial charge in [0.05, 0.1) is 46.2 Å². The summed E-state index contributed by atoms with van der Waals surface area (Å²) in [6, 6.07) is 0. The number of hydrogen-bond acceptors (Lipinski definition) is 8. The molecule has 0 saturated carbocycles. The number of esters is 1. The molecule has 0 amide bonds. The molecule has 0 aromatic carbocycles. The van der Waals surface area contributed by atoms with Crippen molar-refractivity contribution in [2.45, 2.75) is 167 Å². The van der Waals surface area contributed by atoms with Crippen LogP contribution >= 0.6 is 7.82 Å². The molecule has 340 valence electrons. The Morgan fingerprint density at radius 1 is 0.661 bits per heavy atom. The predicted octanol–water partition coefficient (Wildman–Crippen LogP) is 11.6. The molecule has 0 bridgehead atoms. The number of allylic oxidation sites excluding steroid dienone is 9. The summed E-state index contributed by atoms with van der Waals surface area (Å²) in [6.07, 6.45) is 46.5. The number of nitrogens with zero attached hydrogens (tertiary/aromatic N) is 1. The first-order chi connectivity index (χ1) is 28.4. The third-order valence-corrected chi connectivity index (χ3v) is 10.2. The maximum atomic E-state index is 12.5. The Morgan fingerprint density at radius 3 is 1.86 bits per heavy atom. The highest BCUT2D eigenvalue weighted by Crippen LogP contribution is 2.43. The molecule has 3 N–H and O–H groups in total. The molecule has 0 aliphatic rings. The second-order valence-corrected chi connectivity index (χ2v) is 17.6. The Labute approximate surface area is 360 Å². The normalized spacial score (nSPS) is 15.5. The van der Waals surface area contributed by atoms with Gasteiger partial charge in [0.1, 0.15) is 19.8 Å². The maximum absolute atomic E-state index is 12.5. The van der Waals surface area contributed by atoms with Gasteiger partial charge in [-0.1, -0.05) is 170 Å². The smallest absolute Gasteiger partial charge is 0.472 e. The van der Waals surface area contributed by atoms with Crippen LogP contribution in [0.3, 0.4) is 0 Å². The van der Waals surface area contributed by atoms with E-state index in [2.05, 4.69) is 13.8 Å². The van der Waals surface area contributed by atoms with Crippen molar-refractivity contribution in [2.75, 3.05) is 47.5 Å². The van der Waals surface area contributed by atoms with E-state index in [4.69, 9.17) is 18.5 Å². The van der Waals surface area contributed by atoms with Crippen molar-refractivity contribution in [3.05, 3.63) is 85.3 Å². The lowest BCUT2D eigenvalue weighted by atomic mass is 10.0. The van der Waals surface area contributed by atoms with Crippen LogP contribution in [0.5, 0.6) is 0 Å². The number of rotatable bonds is 40. The third kappa shape index (κ3) is 43.3. The fourth-order valence-corrected chi connectivity index (χ4v) is 6.37.